The lowest BCUT2D eigenvalue weighted by atomic mass is 10.1. The Balaban J connectivity index is 1.40. The maximum absolute atomic E-state index is 13.5. The van der Waals surface area contributed by atoms with Crippen LogP contribution in [0.1, 0.15) is 52.3 Å². The highest BCUT2D eigenvalue weighted by atomic mass is 32.2. The summed E-state index contributed by atoms with van der Waals surface area (Å²) in [6.07, 6.45) is 6.45. The molecule has 1 aliphatic heterocycles. The minimum atomic E-state index is -3.51. The summed E-state index contributed by atoms with van der Waals surface area (Å²) in [5, 5.41) is 4.68. The summed E-state index contributed by atoms with van der Waals surface area (Å²) in [4.78, 5) is 15.4. The van der Waals surface area contributed by atoms with E-state index in [0.717, 1.165) is 37.8 Å². The predicted molar refractivity (Wildman–Crippen MR) is 122 cm³/mol. The van der Waals surface area contributed by atoms with Crippen molar-refractivity contribution in [2.75, 3.05) is 13.1 Å². The fourth-order valence-electron chi connectivity index (χ4n) is 4.83. The van der Waals surface area contributed by atoms with Gasteiger partial charge in [0.15, 0.2) is 0 Å². The molecule has 1 aromatic carbocycles. The fraction of sp³-hybridized carbons (Fsp3) is 0.417. The van der Waals surface area contributed by atoms with Crippen LogP contribution in [0.25, 0.3) is 0 Å². The normalized spacial score (nSPS) is 16.3. The third-order valence-corrected chi connectivity index (χ3v) is 8.47. The third-order valence-electron chi connectivity index (χ3n) is 6.56. The lowest BCUT2D eigenvalue weighted by Gasteiger charge is -2.22. The first-order chi connectivity index (χ1) is 15.9. The summed E-state index contributed by atoms with van der Waals surface area (Å²) < 4.78 is 34.6. The fourth-order valence-corrected chi connectivity index (χ4v) is 6.34. The van der Waals surface area contributed by atoms with E-state index in [9.17, 15) is 13.2 Å². The first-order valence-corrected chi connectivity index (χ1v) is 12.8. The van der Waals surface area contributed by atoms with E-state index in [1.807, 2.05) is 17.8 Å². The second-order valence-electron chi connectivity index (χ2n) is 8.73. The largest absolute Gasteiger partial charge is 0.467 e. The molecule has 3 aromatic rings. The molecule has 1 fully saturated rings. The van der Waals surface area contributed by atoms with E-state index < -0.39 is 10.0 Å². The Morgan fingerprint density at radius 3 is 2.52 bits per heavy atom. The molecule has 33 heavy (non-hydrogen) atoms. The van der Waals surface area contributed by atoms with Gasteiger partial charge in [-0.15, -0.1) is 0 Å². The molecule has 3 heterocycles. The van der Waals surface area contributed by atoms with Crippen molar-refractivity contribution < 1.29 is 17.6 Å². The van der Waals surface area contributed by atoms with Gasteiger partial charge in [-0.2, -0.15) is 9.40 Å². The number of rotatable bonds is 7. The van der Waals surface area contributed by atoms with Crippen molar-refractivity contribution >= 4 is 15.9 Å². The van der Waals surface area contributed by atoms with Crippen molar-refractivity contribution in [2.45, 2.75) is 50.1 Å². The molecule has 0 unspecified atom stereocenters. The molecule has 0 bridgehead atoms. The van der Waals surface area contributed by atoms with Crippen molar-refractivity contribution in [1.82, 2.24) is 19.0 Å². The van der Waals surface area contributed by atoms with Crippen LogP contribution in [0.4, 0.5) is 0 Å². The molecule has 0 spiro atoms. The van der Waals surface area contributed by atoms with Gasteiger partial charge in [-0.3, -0.25) is 9.48 Å². The molecule has 8 nitrogen and oxygen atoms in total. The summed E-state index contributed by atoms with van der Waals surface area (Å²) in [7, 11) is -1.56. The minimum Gasteiger partial charge on any atom is -0.467 e. The quantitative estimate of drug-likeness (QED) is 0.532. The van der Waals surface area contributed by atoms with Crippen LogP contribution in [0.5, 0.6) is 0 Å². The second kappa shape index (κ2) is 8.79. The Hall–Kier alpha value is -2.91. The Kier molecular flexibility index (Phi) is 5.84. The summed E-state index contributed by atoms with van der Waals surface area (Å²) >= 11 is 0. The standard InChI is InChI=1S/C24H28N4O4S/c1-26-23-8-4-7-21(23)22(25-26)17-27(16-19-6-5-15-32-19)24(29)18-9-11-20(12-10-18)33(30,31)28-13-2-3-14-28/h5-6,9-12,15H,2-4,7-8,13-14,16-17H2,1H3. The van der Waals surface area contributed by atoms with Crippen molar-refractivity contribution in [2.24, 2.45) is 7.05 Å². The van der Waals surface area contributed by atoms with Gasteiger partial charge in [0.25, 0.3) is 5.91 Å². The molecule has 174 valence electrons. The molecule has 9 heteroatoms. The smallest absolute Gasteiger partial charge is 0.254 e. The highest BCUT2D eigenvalue weighted by Gasteiger charge is 2.28. The lowest BCUT2D eigenvalue weighted by molar-refractivity contribution is 0.0714. The van der Waals surface area contributed by atoms with Crippen LogP contribution in [-0.2, 0) is 43.0 Å². The number of fused-ring (bicyclic) bond motifs is 1. The summed E-state index contributed by atoms with van der Waals surface area (Å²) in [6.45, 7) is 1.78. The van der Waals surface area contributed by atoms with Crippen molar-refractivity contribution in [3.8, 4) is 0 Å². The van der Waals surface area contributed by atoms with Gasteiger partial charge in [0, 0.05) is 31.4 Å². The van der Waals surface area contributed by atoms with Gasteiger partial charge in [-0.1, -0.05) is 0 Å². The Bertz CT molecular complexity index is 1240. The number of hydrogen-bond acceptors (Lipinski definition) is 5. The molecule has 0 radical (unpaired) electrons. The minimum absolute atomic E-state index is 0.186. The maximum atomic E-state index is 13.5. The molecule has 1 saturated heterocycles. The van der Waals surface area contributed by atoms with Gasteiger partial charge in [0.05, 0.1) is 29.9 Å². The van der Waals surface area contributed by atoms with Crippen LogP contribution >= 0.6 is 0 Å². The molecule has 0 N–H and O–H groups in total. The van der Waals surface area contributed by atoms with Crippen LogP contribution in [0.2, 0.25) is 0 Å². The van der Waals surface area contributed by atoms with Crippen LogP contribution in [0, 0.1) is 0 Å². The first kappa shape index (κ1) is 21.9. The van der Waals surface area contributed by atoms with E-state index >= 15 is 0 Å². The molecule has 1 amide bonds. The lowest BCUT2D eigenvalue weighted by Crippen LogP contribution is -2.31. The molecular formula is C24H28N4O4S. The number of furan rings is 1. The van der Waals surface area contributed by atoms with Gasteiger partial charge in [-0.05, 0) is 74.1 Å². The van der Waals surface area contributed by atoms with Gasteiger partial charge in [-0.25, -0.2) is 8.42 Å². The van der Waals surface area contributed by atoms with Gasteiger partial charge in [0.1, 0.15) is 5.76 Å². The molecule has 2 aliphatic rings. The molecular weight excluding hydrogens is 440 g/mol. The van der Waals surface area contributed by atoms with E-state index in [1.54, 1.807) is 29.4 Å². The maximum Gasteiger partial charge on any atom is 0.254 e. The Morgan fingerprint density at radius 1 is 1.06 bits per heavy atom. The van der Waals surface area contributed by atoms with E-state index in [1.165, 1.54) is 27.7 Å². The zero-order valence-electron chi connectivity index (χ0n) is 18.7. The molecule has 5 rings (SSSR count). The van der Waals surface area contributed by atoms with Gasteiger partial charge >= 0.3 is 0 Å². The molecule has 1 aliphatic carbocycles. The van der Waals surface area contributed by atoms with Crippen LogP contribution in [-0.4, -0.2) is 46.4 Å². The Morgan fingerprint density at radius 2 is 1.82 bits per heavy atom. The van der Waals surface area contributed by atoms with E-state index in [0.29, 0.717) is 37.5 Å². The predicted octanol–water partition coefficient (Wildman–Crippen LogP) is 3.13. The van der Waals surface area contributed by atoms with Gasteiger partial charge < -0.3 is 9.32 Å². The third kappa shape index (κ3) is 4.22. The van der Waals surface area contributed by atoms with Crippen LogP contribution in [0.3, 0.4) is 0 Å². The Labute approximate surface area is 193 Å². The highest BCUT2D eigenvalue weighted by molar-refractivity contribution is 7.89. The number of aryl methyl sites for hydroxylation is 1. The average Bonchev–Trinajstić information content (AvgIpc) is 3.61. The number of amides is 1. The van der Waals surface area contributed by atoms with Crippen LogP contribution in [0.15, 0.2) is 52.0 Å². The van der Waals surface area contributed by atoms with Crippen molar-refractivity contribution in [3.63, 3.8) is 0 Å². The van der Waals surface area contributed by atoms with E-state index in [4.69, 9.17) is 4.42 Å². The second-order valence-corrected chi connectivity index (χ2v) is 10.7. The summed E-state index contributed by atoms with van der Waals surface area (Å²) in [5.74, 6) is 0.498. The number of hydrogen-bond donors (Lipinski definition) is 0. The zero-order valence-corrected chi connectivity index (χ0v) is 19.6. The number of sulfonamides is 1. The number of carbonyl (C=O) groups excluding carboxylic acids is 1. The van der Waals surface area contributed by atoms with Gasteiger partial charge in [0.2, 0.25) is 10.0 Å². The van der Waals surface area contributed by atoms with Crippen molar-refractivity contribution in [1.29, 1.82) is 0 Å². The van der Waals surface area contributed by atoms with E-state index in [2.05, 4.69) is 5.10 Å². The first-order valence-electron chi connectivity index (χ1n) is 11.4. The zero-order chi connectivity index (χ0) is 23.0. The molecule has 0 saturated carbocycles. The number of nitrogens with zero attached hydrogens (tertiary/aromatic N) is 4. The SMILES string of the molecule is Cn1nc(CN(Cc2ccco2)C(=O)c2ccc(S(=O)(=O)N3CCCC3)cc2)c2c1CCC2. The monoisotopic (exact) mass is 468 g/mol. The van der Waals surface area contributed by atoms with Crippen molar-refractivity contribution in [3.05, 3.63) is 70.9 Å². The average molecular weight is 469 g/mol. The molecule has 2 aromatic heterocycles. The number of aromatic nitrogens is 2. The number of benzene rings is 1. The summed E-state index contributed by atoms with van der Waals surface area (Å²) in [6, 6.07) is 9.91. The highest BCUT2D eigenvalue weighted by Crippen LogP contribution is 2.27. The number of carbonyl (C=O) groups is 1. The summed E-state index contributed by atoms with van der Waals surface area (Å²) in [5.41, 5.74) is 3.83. The van der Waals surface area contributed by atoms with E-state index in [-0.39, 0.29) is 10.8 Å². The molecule has 0 atom stereocenters. The topological polar surface area (TPSA) is 88.6 Å². The van der Waals surface area contributed by atoms with Crippen LogP contribution < -0.4 is 0 Å².